The van der Waals surface area contributed by atoms with E-state index in [1.165, 1.54) is 6.42 Å². The Balaban J connectivity index is 2.20. The number of carbonyl (C=O) groups excluding carboxylic acids is 1. The number of carbonyl (C=O) groups is 1. The predicted octanol–water partition coefficient (Wildman–Crippen LogP) is 4.29. The number of ketones is 1. The second-order valence-corrected chi connectivity index (χ2v) is 6.63. The molecule has 1 aromatic carbocycles. The van der Waals surface area contributed by atoms with E-state index in [0.717, 1.165) is 17.3 Å². The zero-order chi connectivity index (χ0) is 13.3. The molecule has 0 aliphatic heterocycles. The normalized spacial score (nSPS) is 28.1. The third kappa shape index (κ3) is 2.94. The molecule has 0 heterocycles. The zero-order valence-electron chi connectivity index (χ0n) is 10.9. The lowest BCUT2D eigenvalue weighted by Crippen LogP contribution is -2.26. The van der Waals surface area contributed by atoms with Crippen molar-refractivity contribution < 1.29 is 4.79 Å². The molecule has 0 amide bonds. The molecule has 2 N–H and O–H groups in total. The second kappa shape index (κ2) is 5.43. The molecule has 1 saturated carbocycles. The first-order chi connectivity index (χ1) is 8.47. The van der Waals surface area contributed by atoms with Crippen LogP contribution in [0.25, 0.3) is 0 Å². The van der Waals surface area contributed by atoms with Gasteiger partial charge in [0.2, 0.25) is 0 Å². The van der Waals surface area contributed by atoms with E-state index in [1.54, 1.807) is 0 Å². The first kappa shape index (κ1) is 13.6. The maximum absolute atomic E-state index is 12.5. The third-order valence-corrected chi connectivity index (χ3v) is 4.32. The van der Waals surface area contributed by atoms with Gasteiger partial charge < -0.3 is 5.73 Å². The van der Waals surface area contributed by atoms with Crippen LogP contribution in [0, 0.1) is 17.8 Å². The summed E-state index contributed by atoms with van der Waals surface area (Å²) in [4.78, 5) is 12.5. The monoisotopic (exact) mass is 309 g/mol. The molecule has 1 aliphatic rings. The van der Waals surface area contributed by atoms with Crippen LogP contribution in [0.1, 0.15) is 43.5 Å². The van der Waals surface area contributed by atoms with Gasteiger partial charge in [0.15, 0.2) is 5.78 Å². The van der Waals surface area contributed by atoms with Crippen molar-refractivity contribution in [2.45, 2.75) is 33.1 Å². The molecule has 0 bridgehead atoms. The highest BCUT2D eigenvalue weighted by Gasteiger charge is 2.30. The van der Waals surface area contributed by atoms with Gasteiger partial charge in [0.25, 0.3) is 0 Å². The number of halogens is 1. The molecule has 0 aromatic heterocycles. The highest BCUT2D eigenvalue weighted by molar-refractivity contribution is 9.10. The summed E-state index contributed by atoms with van der Waals surface area (Å²) in [5.41, 5.74) is 7.22. The Morgan fingerprint density at radius 2 is 1.83 bits per heavy atom. The number of hydrogen-bond donors (Lipinski definition) is 1. The SMILES string of the molecule is CC1CC(C)CC(C(=O)c2ccc(Br)cc2N)C1. The summed E-state index contributed by atoms with van der Waals surface area (Å²) in [6.45, 7) is 4.47. The topological polar surface area (TPSA) is 43.1 Å². The fourth-order valence-corrected chi connectivity index (χ4v) is 3.52. The number of rotatable bonds is 2. The Morgan fingerprint density at radius 3 is 2.39 bits per heavy atom. The highest BCUT2D eigenvalue weighted by atomic mass is 79.9. The van der Waals surface area contributed by atoms with Gasteiger partial charge in [-0.1, -0.05) is 29.8 Å². The summed E-state index contributed by atoms with van der Waals surface area (Å²) >= 11 is 3.37. The van der Waals surface area contributed by atoms with Gasteiger partial charge in [0, 0.05) is 21.6 Å². The van der Waals surface area contributed by atoms with Gasteiger partial charge in [-0.2, -0.15) is 0 Å². The van der Waals surface area contributed by atoms with Crippen LogP contribution >= 0.6 is 15.9 Å². The van der Waals surface area contributed by atoms with Crippen LogP contribution in [-0.2, 0) is 0 Å². The lowest BCUT2D eigenvalue weighted by Gasteiger charge is -2.30. The van der Waals surface area contributed by atoms with Gasteiger partial charge in [0.1, 0.15) is 0 Å². The van der Waals surface area contributed by atoms with Crippen molar-refractivity contribution in [2.75, 3.05) is 5.73 Å². The quantitative estimate of drug-likeness (QED) is 0.654. The van der Waals surface area contributed by atoms with Crippen molar-refractivity contribution in [2.24, 2.45) is 17.8 Å². The van der Waals surface area contributed by atoms with Crippen LogP contribution in [-0.4, -0.2) is 5.78 Å². The van der Waals surface area contributed by atoms with Crippen molar-refractivity contribution in [1.29, 1.82) is 0 Å². The van der Waals surface area contributed by atoms with Gasteiger partial charge in [-0.15, -0.1) is 0 Å². The molecule has 18 heavy (non-hydrogen) atoms. The molecule has 1 aromatic rings. The third-order valence-electron chi connectivity index (χ3n) is 3.83. The fraction of sp³-hybridized carbons (Fsp3) is 0.533. The Kier molecular flexibility index (Phi) is 4.10. The van der Waals surface area contributed by atoms with E-state index in [0.29, 0.717) is 23.1 Å². The number of hydrogen-bond acceptors (Lipinski definition) is 2. The number of benzene rings is 1. The Hall–Kier alpha value is -0.830. The molecule has 1 fully saturated rings. The van der Waals surface area contributed by atoms with Crippen LogP contribution in [0.15, 0.2) is 22.7 Å². The van der Waals surface area contributed by atoms with Crippen LogP contribution in [0.3, 0.4) is 0 Å². The van der Waals surface area contributed by atoms with Gasteiger partial charge in [-0.3, -0.25) is 4.79 Å². The van der Waals surface area contributed by atoms with Gasteiger partial charge in [0.05, 0.1) is 0 Å². The van der Waals surface area contributed by atoms with Gasteiger partial charge >= 0.3 is 0 Å². The van der Waals surface area contributed by atoms with Crippen LogP contribution in [0.4, 0.5) is 5.69 Å². The van der Waals surface area contributed by atoms with Crippen molar-refractivity contribution in [3.8, 4) is 0 Å². The maximum atomic E-state index is 12.5. The summed E-state index contributed by atoms with van der Waals surface area (Å²) in [5, 5.41) is 0. The summed E-state index contributed by atoms with van der Waals surface area (Å²) in [5.74, 6) is 1.64. The molecule has 0 spiro atoms. The molecule has 0 radical (unpaired) electrons. The molecule has 2 nitrogen and oxygen atoms in total. The van der Waals surface area contributed by atoms with E-state index in [9.17, 15) is 4.79 Å². The van der Waals surface area contributed by atoms with E-state index in [1.807, 2.05) is 18.2 Å². The van der Waals surface area contributed by atoms with Crippen molar-refractivity contribution in [3.63, 3.8) is 0 Å². The predicted molar refractivity (Wildman–Crippen MR) is 78.6 cm³/mol. The minimum absolute atomic E-state index is 0.146. The molecule has 3 heteroatoms. The first-order valence-electron chi connectivity index (χ1n) is 6.56. The zero-order valence-corrected chi connectivity index (χ0v) is 12.5. The second-order valence-electron chi connectivity index (χ2n) is 5.71. The smallest absolute Gasteiger partial charge is 0.168 e. The fourth-order valence-electron chi connectivity index (χ4n) is 3.14. The Morgan fingerprint density at radius 1 is 1.22 bits per heavy atom. The lowest BCUT2D eigenvalue weighted by atomic mass is 9.74. The molecule has 2 unspecified atom stereocenters. The van der Waals surface area contributed by atoms with E-state index in [-0.39, 0.29) is 11.7 Å². The van der Waals surface area contributed by atoms with Crippen LogP contribution < -0.4 is 5.73 Å². The summed E-state index contributed by atoms with van der Waals surface area (Å²) in [7, 11) is 0. The molecular weight excluding hydrogens is 290 g/mol. The standard InChI is InChI=1S/C15H20BrNO/c1-9-5-10(2)7-11(6-9)15(18)13-4-3-12(16)8-14(13)17/h3-4,8-11H,5-7,17H2,1-2H3. The first-order valence-corrected chi connectivity index (χ1v) is 7.36. The minimum Gasteiger partial charge on any atom is -0.398 e. The largest absolute Gasteiger partial charge is 0.398 e. The molecule has 2 rings (SSSR count). The van der Waals surface area contributed by atoms with E-state index in [4.69, 9.17) is 5.73 Å². The van der Waals surface area contributed by atoms with Crippen molar-refractivity contribution >= 4 is 27.4 Å². The Labute approximate surface area is 117 Å². The summed E-state index contributed by atoms with van der Waals surface area (Å²) in [6, 6.07) is 5.54. The van der Waals surface area contributed by atoms with Gasteiger partial charge in [-0.05, 0) is 49.3 Å². The van der Waals surface area contributed by atoms with Crippen LogP contribution in [0.2, 0.25) is 0 Å². The van der Waals surface area contributed by atoms with E-state index < -0.39 is 0 Å². The van der Waals surface area contributed by atoms with Gasteiger partial charge in [-0.25, -0.2) is 0 Å². The number of nitrogens with two attached hydrogens (primary N) is 1. The van der Waals surface area contributed by atoms with E-state index >= 15 is 0 Å². The van der Waals surface area contributed by atoms with E-state index in [2.05, 4.69) is 29.8 Å². The number of anilines is 1. The van der Waals surface area contributed by atoms with Crippen LogP contribution in [0.5, 0.6) is 0 Å². The molecule has 1 aliphatic carbocycles. The van der Waals surface area contributed by atoms with Crippen molar-refractivity contribution in [3.05, 3.63) is 28.2 Å². The lowest BCUT2D eigenvalue weighted by molar-refractivity contribution is 0.0837. The average molecular weight is 310 g/mol. The molecular formula is C15H20BrNO. The summed E-state index contributed by atoms with van der Waals surface area (Å²) < 4.78 is 0.918. The highest BCUT2D eigenvalue weighted by Crippen LogP contribution is 2.35. The molecule has 0 saturated heterocycles. The average Bonchev–Trinajstić information content (AvgIpc) is 2.26. The number of nitrogen functional groups attached to an aromatic ring is 1. The Bertz CT molecular complexity index is 448. The summed E-state index contributed by atoms with van der Waals surface area (Å²) in [6.07, 6.45) is 3.23. The molecule has 98 valence electrons. The maximum Gasteiger partial charge on any atom is 0.168 e. The molecule has 2 atom stereocenters. The minimum atomic E-state index is 0.146. The number of Topliss-reactive ketones (excluding diaryl/α,β-unsaturated/α-hetero) is 1. The van der Waals surface area contributed by atoms with Crippen molar-refractivity contribution in [1.82, 2.24) is 0 Å².